The Kier molecular flexibility index (Phi) is 8.29. The molecule has 32 heavy (non-hydrogen) atoms. The summed E-state index contributed by atoms with van der Waals surface area (Å²) in [6, 6.07) is 14.9. The summed E-state index contributed by atoms with van der Waals surface area (Å²) in [5, 5.41) is 3.20. The fraction of sp³-hybridized carbons (Fsp3) is 0.462. The van der Waals surface area contributed by atoms with Crippen LogP contribution in [0.1, 0.15) is 73.8 Å². The molecule has 1 fully saturated rings. The van der Waals surface area contributed by atoms with Crippen molar-refractivity contribution in [2.75, 3.05) is 12.3 Å². The number of rotatable bonds is 7. The van der Waals surface area contributed by atoms with E-state index in [0.29, 0.717) is 22.9 Å². The van der Waals surface area contributed by atoms with Crippen LogP contribution in [0, 0.1) is 0 Å². The molecule has 172 valence electrons. The van der Waals surface area contributed by atoms with E-state index in [-0.39, 0.29) is 22.6 Å². The first-order valence-electron chi connectivity index (χ1n) is 11.3. The average Bonchev–Trinajstić information content (AvgIpc) is 3.21. The molecule has 1 N–H and O–H groups in total. The van der Waals surface area contributed by atoms with Gasteiger partial charge in [-0.1, -0.05) is 88.5 Å². The van der Waals surface area contributed by atoms with E-state index in [1.54, 1.807) is 40.9 Å². The minimum absolute atomic E-state index is 0.0509. The predicted molar refractivity (Wildman–Crippen MR) is 134 cm³/mol. The fourth-order valence-corrected chi connectivity index (χ4v) is 5.49. The van der Waals surface area contributed by atoms with Crippen LogP contribution in [0.15, 0.2) is 48.5 Å². The summed E-state index contributed by atoms with van der Waals surface area (Å²) in [5.74, 6) is 0.253. The van der Waals surface area contributed by atoms with Crippen molar-refractivity contribution in [3.8, 4) is 0 Å². The second-order valence-electron chi connectivity index (χ2n) is 9.26. The van der Waals surface area contributed by atoms with Crippen LogP contribution in [0.3, 0.4) is 0 Å². The minimum Gasteiger partial charge on any atom is -0.354 e. The summed E-state index contributed by atoms with van der Waals surface area (Å²) >= 11 is 7.98. The van der Waals surface area contributed by atoms with Gasteiger partial charge in [-0.3, -0.25) is 9.59 Å². The molecule has 0 aromatic heterocycles. The van der Waals surface area contributed by atoms with E-state index < -0.39 is 6.04 Å². The highest BCUT2D eigenvalue weighted by Crippen LogP contribution is 2.43. The van der Waals surface area contributed by atoms with Gasteiger partial charge in [0.25, 0.3) is 5.91 Å². The van der Waals surface area contributed by atoms with Crippen molar-refractivity contribution in [3.05, 3.63) is 70.2 Å². The van der Waals surface area contributed by atoms with Gasteiger partial charge in [-0.2, -0.15) is 0 Å². The van der Waals surface area contributed by atoms with E-state index >= 15 is 0 Å². The lowest BCUT2D eigenvalue weighted by molar-refractivity contribution is -0.124. The van der Waals surface area contributed by atoms with E-state index in [2.05, 4.69) is 57.3 Å². The molecule has 0 radical (unpaired) electrons. The van der Waals surface area contributed by atoms with Crippen LogP contribution in [0.25, 0.3) is 0 Å². The lowest BCUT2D eigenvalue weighted by Crippen LogP contribution is -2.48. The number of amides is 2. The number of hydrogen-bond donors (Lipinski definition) is 1. The molecule has 3 rings (SSSR count). The van der Waals surface area contributed by atoms with Gasteiger partial charge in [0, 0.05) is 12.3 Å². The van der Waals surface area contributed by atoms with Crippen LogP contribution in [-0.4, -0.2) is 35.1 Å². The summed E-state index contributed by atoms with van der Waals surface area (Å²) in [4.78, 5) is 28.4. The third-order valence-corrected chi connectivity index (χ3v) is 7.44. The maximum atomic E-state index is 13.6. The molecule has 0 saturated carbocycles. The Morgan fingerprint density at radius 3 is 2.41 bits per heavy atom. The molecular weight excluding hydrogens is 440 g/mol. The van der Waals surface area contributed by atoms with Gasteiger partial charge in [0.15, 0.2) is 0 Å². The van der Waals surface area contributed by atoms with Crippen molar-refractivity contribution in [2.24, 2.45) is 0 Å². The SMILES string of the molecule is CCCCCNC(=O)C1CSC(c2ccc(C(C)(C)C)cc2)N1C(=O)c1ccccc1Cl. The van der Waals surface area contributed by atoms with Crippen molar-refractivity contribution in [3.63, 3.8) is 0 Å². The van der Waals surface area contributed by atoms with Crippen LogP contribution in [0.2, 0.25) is 5.02 Å². The van der Waals surface area contributed by atoms with E-state index in [4.69, 9.17) is 11.6 Å². The molecule has 0 bridgehead atoms. The topological polar surface area (TPSA) is 49.4 Å². The third-order valence-electron chi connectivity index (χ3n) is 5.78. The average molecular weight is 473 g/mol. The van der Waals surface area contributed by atoms with Crippen LogP contribution < -0.4 is 5.32 Å². The molecule has 2 unspecified atom stereocenters. The van der Waals surface area contributed by atoms with Crippen molar-refractivity contribution in [1.29, 1.82) is 0 Å². The number of thioether (sulfide) groups is 1. The van der Waals surface area contributed by atoms with Crippen LogP contribution in [-0.2, 0) is 10.2 Å². The van der Waals surface area contributed by atoms with Crippen molar-refractivity contribution >= 4 is 35.2 Å². The molecule has 1 aliphatic rings. The van der Waals surface area contributed by atoms with Crippen LogP contribution >= 0.6 is 23.4 Å². The lowest BCUT2D eigenvalue weighted by atomic mass is 9.86. The van der Waals surface area contributed by atoms with Crippen molar-refractivity contribution in [1.82, 2.24) is 10.2 Å². The van der Waals surface area contributed by atoms with E-state index in [1.165, 1.54) is 5.56 Å². The Bertz CT molecular complexity index is 940. The van der Waals surface area contributed by atoms with Crippen LogP contribution in [0.4, 0.5) is 0 Å². The number of benzene rings is 2. The van der Waals surface area contributed by atoms with Gasteiger partial charge in [-0.25, -0.2) is 0 Å². The molecule has 2 aromatic carbocycles. The Hall–Kier alpha value is -1.98. The number of nitrogens with zero attached hydrogens (tertiary/aromatic N) is 1. The molecule has 6 heteroatoms. The molecule has 2 atom stereocenters. The molecule has 0 aliphatic carbocycles. The molecule has 1 aliphatic heterocycles. The van der Waals surface area contributed by atoms with Gasteiger partial charge in [-0.05, 0) is 35.1 Å². The second kappa shape index (κ2) is 10.8. The van der Waals surface area contributed by atoms with Gasteiger partial charge in [0.2, 0.25) is 5.91 Å². The maximum Gasteiger partial charge on any atom is 0.257 e. The molecule has 2 aromatic rings. The lowest BCUT2D eigenvalue weighted by Gasteiger charge is -2.30. The first kappa shape index (κ1) is 24.7. The zero-order chi connectivity index (χ0) is 23.3. The highest BCUT2D eigenvalue weighted by atomic mass is 35.5. The molecular formula is C26H33ClN2O2S. The highest BCUT2D eigenvalue weighted by Gasteiger charge is 2.43. The number of nitrogens with one attached hydrogen (secondary N) is 1. The standard InChI is InChI=1S/C26H33ClN2O2S/c1-5-6-9-16-28-23(30)22-17-32-25(18-12-14-19(15-13-18)26(2,3)4)29(22)24(31)20-10-7-8-11-21(20)27/h7-8,10-15,22,25H,5-6,9,16-17H2,1-4H3,(H,28,30). The zero-order valence-corrected chi connectivity index (χ0v) is 20.9. The first-order chi connectivity index (χ1) is 15.2. The second-order valence-corrected chi connectivity index (χ2v) is 10.8. The number of unbranched alkanes of at least 4 members (excludes halogenated alkanes) is 2. The monoisotopic (exact) mass is 472 g/mol. The van der Waals surface area contributed by atoms with Crippen molar-refractivity contribution in [2.45, 2.75) is 63.8 Å². The zero-order valence-electron chi connectivity index (χ0n) is 19.4. The molecule has 1 heterocycles. The summed E-state index contributed by atoms with van der Waals surface area (Å²) in [6.07, 6.45) is 3.11. The first-order valence-corrected chi connectivity index (χ1v) is 12.7. The van der Waals surface area contributed by atoms with Gasteiger partial charge < -0.3 is 10.2 Å². The quantitative estimate of drug-likeness (QED) is 0.488. The Labute approximate surface area is 201 Å². The Morgan fingerprint density at radius 1 is 1.09 bits per heavy atom. The number of hydrogen-bond acceptors (Lipinski definition) is 3. The Morgan fingerprint density at radius 2 is 1.78 bits per heavy atom. The smallest absolute Gasteiger partial charge is 0.257 e. The fourth-order valence-electron chi connectivity index (χ4n) is 3.84. The van der Waals surface area contributed by atoms with Gasteiger partial charge >= 0.3 is 0 Å². The van der Waals surface area contributed by atoms with E-state index in [1.807, 2.05) is 0 Å². The molecule has 4 nitrogen and oxygen atoms in total. The maximum absolute atomic E-state index is 13.6. The highest BCUT2D eigenvalue weighted by molar-refractivity contribution is 7.99. The number of carbonyl (C=O) groups is 2. The summed E-state index contributed by atoms with van der Waals surface area (Å²) in [5.41, 5.74) is 2.73. The normalized spacial score (nSPS) is 18.6. The van der Waals surface area contributed by atoms with Gasteiger partial charge in [-0.15, -0.1) is 11.8 Å². The predicted octanol–water partition coefficient (Wildman–Crippen LogP) is 6.20. The minimum atomic E-state index is -0.530. The summed E-state index contributed by atoms with van der Waals surface area (Å²) in [7, 11) is 0. The Balaban J connectivity index is 1.89. The number of halogens is 1. The van der Waals surface area contributed by atoms with E-state index in [9.17, 15) is 9.59 Å². The third kappa shape index (κ3) is 5.68. The van der Waals surface area contributed by atoms with Gasteiger partial charge in [0.05, 0.1) is 10.6 Å². The summed E-state index contributed by atoms with van der Waals surface area (Å²) < 4.78 is 0. The van der Waals surface area contributed by atoms with Gasteiger partial charge in [0.1, 0.15) is 11.4 Å². The molecule has 2 amide bonds. The van der Waals surface area contributed by atoms with E-state index in [0.717, 1.165) is 24.8 Å². The summed E-state index contributed by atoms with van der Waals surface area (Å²) in [6.45, 7) is 9.30. The number of carbonyl (C=O) groups excluding carboxylic acids is 2. The molecule has 0 spiro atoms. The molecule has 1 saturated heterocycles. The van der Waals surface area contributed by atoms with Crippen molar-refractivity contribution < 1.29 is 9.59 Å². The van der Waals surface area contributed by atoms with Crippen LogP contribution in [0.5, 0.6) is 0 Å². The largest absolute Gasteiger partial charge is 0.354 e.